The molecule has 0 fully saturated rings. The number of pyridine rings is 4. The predicted octanol–water partition coefficient (Wildman–Crippen LogP) is 4.47. The molecule has 0 saturated carbocycles. The van der Waals surface area contributed by atoms with E-state index in [2.05, 4.69) is 35.1 Å². The van der Waals surface area contributed by atoms with Gasteiger partial charge in [0.15, 0.2) is 17.1 Å². The van der Waals surface area contributed by atoms with Crippen molar-refractivity contribution in [2.45, 2.75) is 6.92 Å². The predicted molar refractivity (Wildman–Crippen MR) is 118 cm³/mol. The van der Waals surface area contributed by atoms with Crippen LogP contribution in [0.5, 0.6) is 0 Å². The van der Waals surface area contributed by atoms with Crippen molar-refractivity contribution < 1.29 is 4.39 Å². The second-order valence-corrected chi connectivity index (χ2v) is 7.35. The highest BCUT2D eigenvalue weighted by atomic mass is 19.1. The van der Waals surface area contributed by atoms with Crippen LogP contribution < -0.4 is 0 Å². The van der Waals surface area contributed by atoms with E-state index in [1.54, 1.807) is 31.0 Å². The number of hydrogen-bond acceptors (Lipinski definition) is 6. The van der Waals surface area contributed by atoms with Crippen LogP contribution in [0.1, 0.15) is 5.56 Å². The Hall–Kier alpha value is -4.53. The fraction of sp³-hybridized carbons (Fsp3) is 0.0435. The number of rotatable bonds is 3. The SMILES string of the molecule is Cc1ccncc1-c1cnc2[nH]nc(-c3nc4c(-c5ccncc5)ccnc4[nH]3)c2c1F. The van der Waals surface area contributed by atoms with E-state index in [1.807, 2.05) is 31.2 Å². The number of imidazole rings is 1. The zero-order chi connectivity index (χ0) is 21.7. The summed E-state index contributed by atoms with van der Waals surface area (Å²) in [6.07, 6.45) is 9.94. The molecule has 0 bridgehead atoms. The first-order valence-corrected chi connectivity index (χ1v) is 9.90. The molecule has 0 aromatic carbocycles. The minimum absolute atomic E-state index is 0.260. The third-order valence-electron chi connectivity index (χ3n) is 5.46. The van der Waals surface area contributed by atoms with Gasteiger partial charge in [-0.2, -0.15) is 5.10 Å². The zero-order valence-corrected chi connectivity index (χ0v) is 16.8. The first-order chi connectivity index (χ1) is 15.7. The Bertz CT molecular complexity index is 1600. The van der Waals surface area contributed by atoms with Crippen LogP contribution in [0.15, 0.2) is 61.4 Å². The van der Waals surface area contributed by atoms with E-state index < -0.39 is 5.82 Å². The number of aromatic nitrogens is 8. The molecule has 0 radical (unpaired) electrons. The van der Waals surface area contributed by atoms with Crippen molar-refractivity contribution >= 4 is 22.2 Å². The van der Waals surface area contributed by atoms with Crippen molar-refractivity contribution in [1.82, 2.24) is 40.1 Å². The van der Waals surface area contributed by atoms with Gasteiger partial charge in [0.25, 0.3) is 0 Å². The first-order valence-electron chi connectivity index (χ1n) is 9.90. The minimum Gasteiger partial charge on any atom is -0.321 e. The molecular weight excluding hydrogens is 407 g/mol. The number of halogens is 1. The van der Waals surface area contributed by atoms with Crippen LogP contribution in [0.3, 0.4) is 0 Å². The summed E-state index contributed by atoms with van der Waals surface area (Å²) in [6.45, 7) is 1.91. The van der Waals surface area contributed by atoms with Gasteiger partial charge in [0.05, 0.1) is 5.39 Å². The van der Waals surface area contributed by atoms with Gasteiger partial charge in [-0.25, -0.2) is 19.3 Å². The van der Waals surface area contributed by atoms with Crippen molar-refractivity contribution in [3.05, 3.63) is 72.8 Å². The molecular formula is C23H15FN8. The lowest BCUT2D eigenvalue weighted by atomic mass is 10.0. The number of H-pyrrole nitrogens is 2. The highest BCUT2D eigenvalue weighted by molar-refractivity contribution is 5.96. The summed E-state index contributed by atoms with van der Waals surface area (Å²) in [7, 11) is 0. The molecule has 0 atom stereocenters. The van der Waals surface area contributed by atoms with E-state index in [9.17, 15) is 0 Å². The lowest BCUT2D eigenvalue weighted by Gasteiger charge is -2.06. The summed E-state index contributed by atoms with van der Waals surface area (Å²) in [5.41, 5.74) is 5.72. The molecule has 0 aliphatic heterocycles. The molecule has 6 aromatic rings. The highest BCUT2D eigenvalue weighted by Gasteiger charge is 2.21. The summed E-state index contributed by atoms with van der Waals surface area (Å²) in [5, 5.41) is 7.37. The number of aromatic amines is 2. The normalized spacial score (nSPS) is 11.4. The topological polar surface area (TPSA) is 109 Å². The van der Waals surface area contributed by atoms with Gasteiger partial charge in [-0.1, -0.05) is 0 Å². The second-order valence-electron chi connectivity index (χ2n) is 7.35. The summed E-state index contributed by atoms with van der Waals surface area (Å²) >= 11 is 0. The van der Waals surface area contributed by atoms with E-state index in [4.69, 9.17) is 4.98 Å². The second kappa shape index (κ2) is 7.02. The molecule has 8 nitrogen and oxygen atoms in total. The lowest BCUT2D eigenvalue weighted by Crippen LogP contribution is -1.93. The highest BCUT2D eigenvalue weighted by Crippen LogP contribution is 2.34. The minimum atomic E-state index is -0.433. The third-order valence-corrected chi connectivity index (χ3v) is 5.46. The molecule has 6 rings (SSSR count). The average Bonchev–Trinajstić information content (AvgIpc) is 3.45. The van der Waals surface area contributed by atoms with Crippen molar-refractivity contribution in [2.24, 2.45) is 0 Å². The summed E-state index contributed by atoms with van der Waals surface area (Å²) in [5.74, 6) is -0.0290. The van der Waals surface area contributed by atoms with Crippen LogP contribution >= 0.6 is 0 Å². The standard InChI is InChI=1S/C23H15FN8/c1-12-2-6-26-10-15(12)16-11-28-21-17(18(16)24)20(31-32-21)23-29-19-14(5-9-27-22(19)30-23)13-3-7-25-8-4-13/h2-11H,1H3,(H,27,29,30)(H,28,31,32). The Morgan fingerprint density at radius 2 is 1.66 bits per heavy atom. The van der Waals surface area contributed by atoms with E-state index in [1.165, 1.54) is 6.20 Å². The van der Waals surface area contributed by atoms with E-state index >= 15 is 4.39 Å². The monoisotopic (exact) mass is 422 g/mol. The van der Waals surface area contributed by atoms with Gasteiger partial charge in [0.2, 0.25) is 0 Å². The van der Waals surface area contributed by atoms with Crippen molar-refractivity contribution in [3.8, 4) is 33.8 Å². The van der Waals surface area contributed by atoms with Crippen molar-refractivity contribution in [3.63, 3.8) is 0 Å². The van der Waals surface area contributed by atoms with Gasteiger partial charge in [0.1, 0.15) is 17.0 Å². The van der Waals surface area contributed by atoms with E-state index in [-0.39, 0.29) is 5.39 Å². The Morgan fingerprint density at radius 1 is 0.812 bits per heavy atom. The third kappa shape index (κ3) is 2.75. The molecule has 2 N–H and O–H groups in total. The van der Waals surface area contributed by atoms with E-state index in [0.717, 1.165) is 16.7 Å². The lowest BCUT2D eigenvalue weighted by molar-refractivity contribution is 0.642. The molecule has 6 aromatic heterocycles. The molecule has 0 spiro atoms. The van der Waals surface area contributed by atoms with Crippen LogP contribution in [0.25, 0.3) is 56.0 Å². The fourth-order valence-electron chi connectivity index (χ4n) is 3.85. The van der Waals surface area contributed by atoms with Gasteiger partial charge in [-0.05, 0) is 42.3 Å². The molecule has 154 valence electrons. The van der Waals surface area contributed by atoms with Gasteiger partial charge in [-0.3, -0.25) is 15.1 Å². The van der Waals surface area contributed by atoms with Gasteiger partial charge < -0.3 is 4.98 Å². The molecule has 32 heavy (non-hydrogen) atoms. The number of hydrogen-bond donors (Lipinski definition) is 2. The first kappa shape index (κ1) is 18.3. The fourth-order valence-corrected chi connectivity index (χ4v) is 3.85. The number of nitrogens with zero attached hydrogens (tertiary/aromatic N) is 6. The Labute approximate surface area is 180 Å². The number of fused-ring (bicyclic) bond motifs is 2. The maximum atomic E-state index is 15.7. The number of aryl methyl sites for hydroxylation is 1. The van der Waals surface area contributed by atoms with Crippen LogP contribution in [-0.2, 0) is 0 Å². The molecule has 0 aliphatic rings. The van der Waals surface area contributed by atoms with Gasteiger partial charge in [0, 0.05) is 53.9 Å². The largest absolute Gasteiger partial charge is 0.321 e. The zero-order valence-electron chi connectivity index (χ0n) is 16.8. The molecule has 0 saturated heterocycles. The smallest absolute Gasteiger partial charge is 0.161 e. The molecule has 0 amide bonds. The van der Waals surface area contributed by atoms with Crippen LogP contribution in [0, 0.1) is 12.7 Å². The molecule has 0 aliphatic carbocycles. The van der Waals surface area contributed by atoms with Crippen LogP contribution in [-0.4, -0.2) is 40.1 Å². The Balaban J connectivity index is 1.56. The number of nitrogens with one attached hydrogen (secondary N) is 2. The summed E-state index contributed by atoms with van der Waals surface area (Å²) in [4.78, 5) is 24.8. The van der Waals surface area contributed by atoms with E-state index in [0.29, 0.717) is 39.5 Å². The summed E-state index contributed by atoms with van der Waals surface area (Å²) in [6, 6.07) is 7.52. The van der Waals surface area contributed by atoms with Gasteiger partial charge >= 0.3 is 0 Å². The maximum Gasteiger partial charge on any atom is 0.161 e. The van der Waals surface area contributed by atoms with Gasteiger partial charge in [-0.15, -0.1) is 0 Å². The molecule has 9 heteroatoms. The van der Waals surface area contributed by atoms with Crippen LogP contribution in [0.4, 0.5) is 4.39 Å². The quantitative estimate of drug-likeness (QED) is 0.436. The van der Waals surface area contributed by atoms with Crippen molar-refractivity contribution in [1.29, 1.82) is 0 Å². The Kier molecular flexibility index (Phi) is 4.00. The molecule has 0 unspecified atom stereocenters. The Morgan fingerprint density at radius 3 is 2.50 bits per heavy atom. The van der Waals surface area contributed by atoms with Crippen LogP contribution in [0.2, 0.25) is 0 Å². The van der Waals surface area contributed by atoms with Crippen molar-refractivity contribution in [2.75, 3.05) is 0 Å². The molecule has 6 heterocycles. The maximum absolute atomic E-state index is 15.7. The average molecular weight is 422 g/mol. The summed E-state index contributed by atoms with van der Waals surface area (Å²) < 4.78 is 15.7.